The van der Waals surface area contributed by atoms with Gasteiger partial charge >= 0.3 is 0 Å². The van der Waals surface area contributed by atoms with E-state index < -0.39 is 0 Å². The summed E-state index contributed by atoms with van der Waals surface area (Å²) in [6.45, 7) is 11.8. The Morgan fingerprint density at radius 2 is 1.93 bits per heavy atom. The highest BCUT2D eigenvalue weighted by molar-refractivity contribution is 5.92. The molecule has 6 nitrogen and oxygen atoms in total. The molecule has 1 aromatic carbocycles. The van der Waals surface area contributed by atoms with Crippen LogP contribution in [-0.4, -0.2) is 54.6 Å². The van der Waals surface area contributed by atoms with E-state index in [0.717, 1.165) is 51.5 Å². The van der Waals surface area contributed by atoms with Crippen LogP contribution in [0.15, 0.2) is 28.9 Å². The van der Waals surface area contributed by atoms with Crippen LogP contribution in [0.4, 0.5) is 5.69 Å². The summed E-state index contributed by atoms with van der Waals surface area (Å²) >= 11 is 0. The lowest BCUT2D eigenvalue weighted by atomic mass is 9.78. The van der Waals surface area contributed by atoms with Crippen molar-refractivity contribution in [3.05, 3.63) is 47.2 Å². The monoisotopic (exact) mass is 396 g/mol. The van der Waals surface area contributed by atoms with E-state index in [9.17, 15) is 4.79 Å². The van der Waals surface area contributed by atoms with E-state index in [1.54, 1.807) is 6.92 Å². The molecule has 0 atom stereocenters. The highest BCUT2D eigenvalue weighted by Gasteiger charge is 2.31. The number of anilines is 1. The van der Waals surface area contributed by atoms with Gasteiger partial charge in [-0.2, -0.15) is 0 Å². The number of hydrogen-bond donors (Lipinski definition) is 1. The number of carbonyl (C=O) groups is 1. The van der Waals surface area contributed by atoms with Crippen molar-refractivity contribution in [3.8, 4) is 0 Å². The molecule has 1 aliphatic heterocycles. The smallest absolute Gasteiger partial charge is 0.273 e. The fraction of sp³-hybridized carbons (Fsp3) is 0.565. The van der Waals surface area contributed by atoms with Gasteiger partial charge in [-0.15, -0.1) is 0 Å². The van der Waals surface area contributed by atoms with E-state index in [2.05, 4.69) is 52.1 Å². The zero-order valence-electron chi connectivity index (χ0n) is 17.8. The van der Waals surface area contributed by atoms with Crippen LogP contribution in [0.3, 0.4) is 0 Å². The van der Waals surface area contributed by atoms with Crippen molar-refractivity contribution in [1.29, 1.82) is 0 Å². The summed E-state index contributed by atoms with van der Waals surface area (Å²) in [6, 6.07) is 6.89. The molecule has 2 heterocycles. The number of oxazole rings is 1. The first-order valence-electron chi connectivity index (χ1n) is 10.8. The maximum Gasteiger partial charge on any atom is 0.273 e. The third kappa shape index (κ3) is 4.64. The molecule has 6 heteroatoms. The lowest BCUT2D eigenvalue weighted by molar-refractivity contribution is 0.0872. The lowest BCUT2D eigenvalue weighted by Crippen LogP contribution is -2.48. The topological polar surface area (TPSA) is 61.6 Å². The quantitative estimate of drug-likeness (QED) is 0.812. The van der Waals surface area contributed by atoms with E-state index in [-0.39, 0.29) is 11.9 Å². The molecule has 1 aliphatic carbocycles. The number of amides is 1. The third-order valence-electron chi connectivity index (χ3n) is 6.57. The number of aromatic nitrogens is 1. The normalized spacial score (nSPS) is 22.4. The molecule has 1 amide bonds. The SMILES string of the molecule is Cc1nc(C(=O)NC2CC(CCN3CCN(c4cccc(C)c4C)CC3)C2)co1. The Balaban J connectivity index is 1.15. The van der Waals surface area contributed by atoms with Crippen molar-refractivity contribution in [3.63, 3.8) is 0 Å². The van der Waals surface area contributed by atoms with Gasteiger partial charge in [0.1, 0.15) is 6.26 Å². The van der Waals surface area contributed by atoms with Crippen LogP contribution in [0, 0.1) is 26.7 Å². The minimum Gasteiger partial charge on any atom is -0.448 e. The molecule has 0 radical (unpaired) electrons. The van der Waals surface area contributed by atoms with Crippen LogP contribution in [0.5, 0.6) is 0 Å². The zero-order valence-corrected chi connectivity index (χ0v) is 17.8. The first-order valence-corrected chi connectivity index (χ1v) is 10.8. The second-order valence-corrected chi connectivity index (χ2v) is 8.60. The molecule has 156 valence electrons. The standard InChI is InChI=1S/C23H32N4O2/c1-16-5-4-6-22(17(16)2)27-11-9-26(10-12-27)8-7-19-13-20(14-19)25-23(28)21-15-29-18(3)24-21/h4-6,15,19-20H,7-14H2,1-3H3,(H,25,28). The van der Waals surface area contributed by atoms with Crippen molar-refractivity contribution in [2.45, 2.75) is 46.1 Å². The van der Waals surface area contributed by atoms with Gasteiger partial charge in [-0.05, 0) is 62.8 Å². The van der Waals surface area contributed by atoms with Crippen LogP contribution in [0.25, 0.3) is 0 Å². The number of aryl methyl sites for hydroxylation is 2. The molecule has 2 aromatic rings. The second kappa shape index (κ2) is 8.57. The summed E-state index contributed by atoms with van der Waals surface area (Å²) in [5, 5.41) is 3.07. The van der Waals surface area contributed by atoms with Gasteiger partial charge in [0.15, 0.2) is 11.6 Å². The minimum atomic E-state index is -0.118. The Kier molecular flexibility index (Phi) is 5.90. The molecule has 2 aliphatic rings. The van der Waals surface area contributed by atoms with Gasteiger partial charge < -0.3 is 14.6 Å². The first kappa shape index (κ1) is 20.0. The van der Waals surface area contributed by atoms with Crippen molar-refractivity contribution < 1.29 is 9.21 Å². The lowest BCUT2D eigenvalue weighted by Gasteiger charge is -2.40. The third-order valence-corrected chi connectivity index (χ3v) is 6.57. The number of nitrogens with one attached hydrogen (secondary N) is 1. The van der Waals surface area contributed by atoms with Gasteiger partial charge in [0, 0.05) is 44.8 Å². The predicted molar refractivity (Wildman–Crippen MR) is 114 cm³/mol. The van der Waals surface area contributed by atoms with Gasteiger partial charge in [0.05, 0.1) is 0 Å². The van der Waals surface area contributed by atoms with E-state index in [1.807, 2.05) is 0 Å². The summed E-state index contributed by atoms with van der Waals surface area (Å²) in [4.78, 5) is 21.3. The molecule has 1 saturated carbocycles. The predicted octanol–water partition coefficient (Wildman–Crippen LogP) is 3.32. The minimum absolute atomic E-state index is 0.118. The number of piperazine rings is 1. The Morgan fingerprint density at radius 3 is 2.62 bits per heavy atom. The highest BCUT2D eigenvalue weighted by atomic mass is 16.3. The van der Waals surface area contributed by atoms with Gasteiger partial charge in [-0.25, -0.2) is 4.98 Å². The fourth-order valence-corrected chi connectivity index (χ4v) is 4.47. The van der Waals surface area contributed by atoms with Crippen LogP contribution < -0.4 is 10.2 Å². The molecule has 1 aromatic heterocycles. The van der Waals surface area contributed by atoms with Crippen LogP contribution >= 0.6 is 0 Å². The Bertz CT molecular complexity index is 848. The van der Waals surface area contributed by atoms with E-state index in [0.29, 0.717) is 11.6 Å². The maximum absolute atomic E-state index is 12.1. The number of nitrogens with zero attached hydrogens (tertiary/aromatic N) is 3. The number of rotatable bonds is 6. The fourth-order valence-electron chi connectivity index (χ4n) is 4.47. The van der Waals surface area contributed by atoms with Crippen molar-refractivity contribution in [2.75, 3.05) is 37.6 Å². The molecule has 4 rings (SSSR count). The van der Waals surface area contributed by atoms with E-state index in [4.69, 9.17) is 4.42 Å². The number of hydrogen-bond acceptors (Lipinski definition) is 5. The van der Waals surface area contributed by atoms with Gasteiger partial charge in [0.25, 0.3) is 5.91 Å². The Labute approximate surface area is 173 Å². The zero-order chi connectivity index (χ0) is 20.4. The second-order valence-electron chi connectivity index (χ2n) is 8.60. The van der Waals surface area contributed by atoms with Gasteiger partial charge in [-0.3, -0.25) is 9.69 Å². The highest BCUT2D eigenvalue weighted by Crippen LogP contribution is 2.31. The summed E-state index contributed by atoms with van der Waals surface area (Å²) in [5.41, 5.74) is 4.55. The molecule has 0 spiro atoms. The van der Waals surface area contributed by atoms with Crippen molar-refractivity contribution in [1.82, 2.24) is 15.2 Å². The molecule has 1 N–H and O–H groups in total. The van der Waals surface area contributed by atoms with Crippen LogP contribution in [0.2, 0.25) is 0 Å². The summed E-state index contributed by atoms with van der Waals surface area (Å²) in [5.74, 6) is 1.13. The summed E-state index contributed by atoms with van der Waals surface area (Å²) < 4.78 is 5.11. The molecule has 29 heavy (non-hydrogen) atoms. The van der Waals surface area contributed by atoms with E-state index >= 15 is 0 Å². The average Bonchev–Trinajstić information content (AvgIpc) is 3.12. The Morgan fingerprint density at radius 1 is 1.17 bits per heavy atom. The Hall–Kier alpha value is -2.34. The molecular weight excluding hydrogens is 364 g/mol. The van der Waals surface area contributed by atoms with Crippen molar-refractivity contribution in [2.24, 2.45) is 5.92 Å². The molecular formula is C23H32N4O2. The van der Waals surface area contributed by atoms with Crippen LogP contribution in [0.1, 0.15) is 46.8 Å². The summed E-state index contributed by atoms with van der Waals surface area (Å²) in [7, 11) is 0. The number of benzene rings is 1. The van der Waals surface area contributed by atoms with E-state index in [1.165, 1.54) is 29.5 Å². The number of carbonyl (C=O) groups excluding carboxylic acids is 1. The summed E-state index contributed by atoms with van der Waals surface area (Å²) in [6.07, 6.45) is 4.80. The molecule has 0 bridgehead atoms. The van der Waals surface area contributed by atoms with Crippen molar-refractivity contribution >= 4 is 11.6 Å². The molecule has 1 saturated heterocycles. The molecule has 2 fully saturated rings. The average molecular weight is 397 g/mol. The first-order chi connectivity index (χ1) is 14.0. The van der Waals surface area contributed by atoms with Gasteiger partial charge in [0.2, 0.25) is 0 Å². The molecule has 0 unspecified atom stereocenters. The largest absolute Gasteiger partial charge is 0.448 e. The van der Waals surface area contributed by atoms with Gasteiger partial charge in [-0.1, -0.05) is 12.1 Å². The maximum atomic E-state index is 12.1. The van der Waals surface area contributed by atoms with Crippen LogP contribution in [-0.2, 0) is 0 Å².